The molecule has 98 valence electrons. The Morgan fingerprint density at radius 2 is 2.00 bits per heavy atom. The SMILES string of the molecule is CC[C@@H](NC(=O)Cc1ccc(F)c(F)c1)C(=O)O. The minimum atomic E-state index is -1.13. The fraction of sp³-hybridized carbons (Fsp3) is 0.333. The van der Waals surface area contributed by atoms with Gasteiger partial charge in [-0.25, -0.2) is 13.6 Å². The molecule has 1 aromatic carbocycles. The van der Waals surface area contributed by atoms with Crippen LogP contribution in [0.1, 0.15) is 18.9 Å². The summed E-state index contributed by atoms with van der Waals surface area (Å²) in [6, 6.07) is 2.14. The number of benzene rings is 1. The molecule has 1 rings (SSSR count). The lowest BCUT2D eigenvalue weighted by Crippen LogP contribution is -2.40. The molecule has 18 heavy (non-hydrogen) atoms. The Bertz CT molecular complexity index is 463. The minimum Gasteiger partial charge on any atom is -0.480 e. The molecule has 0 radical (unpaired) electrons. The molecule has 0 saturated heterocycles. The third-order valence-electron chi connectivity index (χ3n) is 2.39. The average molecular weight is 257 g/mol. The standard InChI is InChI=1S/C12H13F2NO3/c1-2-10(12(17)18)15-11(16)6-7-3-4-8(13)9(14)5-7/h3-5,10H,2,6H2,1H3,(H,15,16)(H,17,18)/t10-/m1/s1. The molecule has 0 spiro atoms. The molecule has 1 aromatic rings. The van der Waals surface area contributed by atoms with Crippen molar-refractivity contribution in [1.29, 1.82) is 0 Å². The lowest BCUT2D eigenvalue weighted by molar-refractivity contribution is -0.141. The Hall–Kier alpha value is -1.98. The Morgan fingerprint density at radius 3 is 2.50 bits per heavy atom. The van der Waals surface area contributed by atoms with Crippen LogP contribution in [0.3, 0.4) is 0 Å². The number of carbonyl (C=O) groups is 2. The molecule has 2 N–H and O–H groups in total. The number of halogens is 2. The Morgan fingerprint density at radius 1 is 1.33 bits per heavy atom. The van der Waals surface area contributed by atoms with Crippen molar-refractivity contribution in [1.82, 2.24) is 5.32 Å². The minimum absolute atomic E-state index is 0.193. The van der Waals surface area contributed by atoms with E-state index in [1.54, 1.807) is 6.92 Å². The van der Waals surface area contributed by atoms with Crippen LogP contribution in [0.15, 0.2) is 18.2 Å². The van der Waals surface area contributed by atoms with E-state index >= 15 is 0 Å². The summed E-state index contributed by atoms with van der Waals surface area (Å²) in [5.74, 6) is -3.70. The summed E-state index contributed by atoms with van der Waals surface area (Å²) in [5, 5.41) is 11.0. The van der Waals surface area contributed by atoms with Gasteiger partial charge in [-0.3, -0.25) is 4.79 Å². The average Bonchev–Trinajstić information content (AvgIpc) is 2.30. The Kier molecular flexibility index (Phi) is 4.76. The molecule has 0 aromatic heterocycles. The lowest BCUT2D eigenvalue weighted by atomic mass is 10.1. The third kappa shape index (κ3) is 3.80. The van der Waals surface area contributed by atoms with E-state index in [1.807, 2.05) is 0 Å². The molecule has 0 aliphatic heterocycles. The van der Waals surface area contributed by atoms with Gasteiger partial charge in [-0.15, -0.1) is 0 Å². The van der Waals surface area contributed by atoms with Gasteiger partial charge >= 0.3 is 5.97 Å². The number of rotatable bonds is 5. The first-order valence-electron chi connectivity index (χ1n) is 5.40. The number of amides is 1. The molecule has 1 atom stereocenters. The zero-order valence-electron chi connectivity index (χ0n) is 9.74. The molecule has 0 fully saturated rings. The number of aliphatic carboxylic acids is 1. The van der Waals surface area contributed by atoms with Gasteiger partial charge in [-0.2, -0.15) is 0 Å². The van der Waals surface area contributed by atoms with E-state index < -0.39 is 29.6 Å². The molecule has 0 unspecified atom stereocenters. The van der Waals surface area contributed by atoms with Crippen LogP contribution in [-0.4, -0.2) is 23.0 Å². The highest BCUT2D eigenvalue weighted by molar-refractivity contribution is 5.84. The van der Waals surface area contributed by atoms with E-state index in [0.29, 0.717) is 0 Å². The Balaban J connectivity index is 2.64. The zero-order valence-corrected chi connectivity index (χ0v) is 9.74. The van der Waals surface area contributed by atoms with Crippen molar-refractivity contribution in [2.45, 2.75) is 25.8 Å². The number of hydrogen-bond acceptors (Lipinski definition) is 2. The summed E-state index contributed by atoms with van der Waals surface area (Å²) in [6.07, 6.45) is 0.0554. The monoisotopic (exact) mass is 257 g/mol. The molecule has 0 bridgehead atoms. The predicted molar refractivity (Wildman–Crippen MR) is 59.9 cm³/mol. The van der Waals surface area contributed by atoms with Crippen molar-refractivity contribution >= 4 is 11.9 Å². The van der Waals surface area contributed by atoms with Crippen molar-refractivity contribution in [3.63, 3.8) is 0 Å². The van der Waals surface area contributed by atoms with E-state index in [0.717, 1.165) is 12.1 Å². The molecule has 1 amide bonds. The third-order valence-corrected chi connectivity index (χ3v) is 2.39. The van der Waals surface area contributed by atoms with Gasteiger partial charge in [0, 0.05) is 0 Å². The van der Waals surface area contributed by atoms with Gasteiger partial charge in [0.25, 0.3) is 0 Å². The van der Waals surface area contributed by atoms with Gasteiger partial charge < -0.3 is 10.4 Å². The first kappa shape index (κ1) is 14.1. The summed E-state index contributed by atoms with van der Waals surface area (Å²) < 4.78 is 25.5. The molecule has 0 saturated carbocycles. The van der Waals surface area contributed by atoms with Crippen LogP contribution in [-0.2, 0) is 16.0 Å². The van der Waals surface area contributed by atoms with Crippen LogP contribution < -0.4 is 5.32 Å². The Labute approximate surface area is 103 Å². The lowest BCUT2D eigenvalue weighted by Gasteiger charge is -2.12. The van der Waals surface area contributed by atoms with Gasteiger partial charge in [-0.05, 0) is 24.1 Å². The van der Waals surface area contributed by atoms with E-state index in [9.17, 15) is 18.4 Å². The number of carboxylic acid groups (broad SMARTS) is 1. The fourth-order valence-electron chi connectivity index (χ4n) is 1.42. The van der Waals surface area contributed by atoms with E-state index in [2.05, 4.69) is 5.32 Å². The normalized spacial score (nSPS) is 11.9. The van der Waals surface area contributed by atoms with Gasteiger partial charge in [0.2, 0.25) is 5.91 Å². The second kappa shape index (κ2) is 6.09. The molecular formula is C12H13F2NO3. The van der Waals surface area contributed by atoms with Crippen molar-refractivity contribution in [3.8, 4) is 0 Å². The van der Waals surface area contributed by atoms with Gasteiger partial charge in [0.05, 0.1) is 6.42 Å². The van der Waals surface area contributed by atoms with Crippen LogP contribution in [0.5, 0.6) is 0 Å². The van der Waals surface area contributed by atoms with Gasteiger partial charge in [0.15, 0.2) is 11.6 Å². The molecule has 4 nitrogen and oxygen atoms in total. The van der Waals surface area contributed by atoms with E-state index in [-0.39, 0.29) is 18.4 Å². The maximum atomic E-state index is 12.9. The van der Waals surface area contributed by atoms with Crippen molar-refractivity contribution in [2.24, 2.45) is 0 Å². The molecule has 0 aliphatic rings. The quantitative estimate of drug-likeness (QED) is 0.839. The second-order valence-corrected chi connectivity index (χ2v) is 3.79. The maximum absolute atomic E-state index is 12.9. The predicted octanol–water partition coefficient (Wildman–Crippen LogP) is 1.49. The molecule has 6 heteroatoms. The van der Waals surface area contributed by atoms with Crippen LogP contribution >= 0.6 is 0 Å². The summed E-state index contributed by atoms with van der Waals surface area (Å²) in [7, 11) is 0. The second-order valence-electron chi connectivity index (χ2n) is 3.79. The van der Waals surface area contributed by atoms with Crippen molar-refractivity contribution in [3.05, 3.63) is 35.4 Å². The molecule has 0 heterocycles. The highest BCUT2D eigenvalue weighted by Gasteiger charge is 2.17. The van der Waals surface area contributed by atoms with Crippen LogP contribution in [0.25, 0.3) is 0 Å². The highest BCUT2D eigenvalue weighted by atomic mass is 19.2. The van der Waals surface area contributed by atoms with Crippen molar-refractivity contribution in [2.75, 3.05) is 0 Å². The summed E-state index contributed by atoms with van der Waals surface area (Å²) in [5.41, 5.74) is 0.284. The topological polar surface area (TPSA) is 66.4 Å². The maximum Gasteiger partial charge on any atom is 0.326 e. The largest absolute Gasteiger partial charge is 0.480 e. The fourth-order valence-corrected chi connectivity index (χ4v) is 1.42. The van der Waals surface area contributed by atoms with E-state index in [1.165, 1.54) is 6.07 Å². The first-order chi connectivity index (χ1) is 8.43. The van der Waals surface area contributed by atoms with E-state index in [4.69, 9.17) is 5.11 Å². The number of nitrogens with one attached hydrogen (secondary N) is 1. The highest BCUT2D eigenvalue weighted by Crippen LogP contribution is 2.09. The van der Waals surface area contributed by atoms with Crippen LogP contribution in [0, 0.1) is 11.6 Å². The smallest absolute Gasteiger partial charge is 0.326 e. The van der Waals surface area contributed by atoms with Gasteiger partial charge in [0.1, 0.15) is 6.04 Å². The van der Waals surface area contributed by atoms with Crippen molar-refractivity contribution < 1.29 is 23.5 Å². The number of hydrogen-bond donors (Lipinski definition) is 2. The summed E-state index contributed by atoms with van der Waals surface area (Å²) >= 11 is 0. The number of carbonyl (C=O) groups excluding carboxylic acids is 1. The number of carboxylic acids is 1. The van der Waals surface area contributed by atoms with Gasteiger partial charge in [-0.1, -0.05) is 13.0 Å². The van der Waals surface area contributed by atoms with Crippen LogP contribution in [0.2, 0.25) is 0 Å². The summed E-state index contributed by atoms with van der Waals surface area (Å²) in [4.78, 5) is 22.2. The van der Waals surface area contributed by atoms with Crippen LogP contribution in [0.4, 0.5) is 8.78 Å². The first-order valence-corrected chi connectivity index (χ1v) is 5.40. The molecule has 0 aliphatic carbocycles. The zero-order chi connectivity index (χ0) is 13.7. The molecular weight excluding hydrogens is 244 g/mol. The summed E-state index contributed by atoms with van der Waals surface area (Å²) in [6.45, 7) is 1.62.